The zero-order valence-corrected chi connectivity index (χ0v) is 14.3. The Labute approximate surface area is 157 Å². The minimum atomic E-state index is -8.62. The lowest BCUT2D eigenvalue weighted by atomic mass is 9.90. The molecule has 2 unspecified atom stereocenters. The molecule has 0 aliphatic carbocycles. The summed E-state index contributed by atoms with van der Waals surface area (Å²) in [5, 5.41) is -5.60. The molecular formula is C10H7F16NO2S. The average Bonchev–Trinajstić information content (AvgIpc) is 2.52. The van der Waals surface area contributed by atoms with Crippen LogP contribution in [0.3, 0.4) is 0 Å². The molecule has 0 radical (unpaired) electrons. The van der Waals surface area contributed by atoms with Gasteiger partial charge in [0.1, 0.15) is 0 Å². The number of hydrogen-bond donors (Lipinski definition) is 2. The fraction of sp³-hybridized carbons (Fsp3) is 1.00. The van der Waals surface area contributed by atoms with Crippen LogP contribution in [0.5, 0.6) is 0 Å². The van der Waals surface area contributed by atoms with Crippen LogP contribution in [0.25, 0.3) is 0 Å². The summed E-state index contributed by atoms with van der Waals surface area (Å²) in [5.41, 5.74) is 0. The predicted molar refractivity (Wildman–Crippen MR) is 64.0 cm³/mol. The molecule has 20 heteroatoms. The summed E-state index contributed by atoms with van der Waals surface area (Å²) in [7, 11) is 0. The molecule has 0 aromatic carbocycles. The van der Waals surface area contributed by atoms with Gasteiger partial charge in [0.15, 0.2) is 0 Å². The van der Waals surface area contributed by atoms with Crippen LogP contribution in [0, 0.1) is 0 Å². The van der Waals surface area contributed by atoms with Crippen molar-refractivity contribution in [2.45, 2.75) is 53.8 Å². The Morgan fingerprint density at radius 3 is 1.10 bits per heavy atom. The molecule has 0 bridgehead atoms. The topological polar surface area (TPSA) is 49.3 Å². The van der Waals surface area contributed by atoms with Crippen molar-refractivity contribution in [2.24, 2.45) is 0 Å². The molecule has 2 atom stereocenters. The van der Waals surface area contributed by atoms with E-state index in [1.54, 1.807) is 0 Å². The highest BCUT2D eigenvalue weighted by atomic mass is 32.2. The highest BCUT2D eigenvalue weighted by molar-refractivity contribution is 7.80. The summed E-state index contributed by atoms with van der Waals surface area (Å²) in [5.74, 6) is -49.6. The van der Waals surface area contributed by atoms with Crippen molar-refractivity contribution in [1.29, 1.82) is 0 Å². The Hall–Kier alpha value is -1.05. The fourth-order valence-electron chi connectivity index (χ4n) is 1.68. The van der Waals surface area contributed by atoms with Crippen LogP contribution in [-0.2, 0) is 11.1 Å². The summed E-state index contributed by atoms with van der Waals surface area (Å²) >= 11 is -5.00. The van der Waals surface area contributed by atoms with Crippen molar-refractivity contribution < 1.29 is 79.0 Å². The van der Waals surface area contributed by atoms with Crippen LogP contribution >= 0.6 is 0 Å². The number of hydrogen-bond acceptors (Lipinski definition) is 2. The molecule has 0 saturated heterocycles. The monoisotopic (exact) mass is 509 g/mol. The Bertz CT molecular complexity index is 661. The minimum absolute atomic E-state index is 0.381. The van der Waals surface area contributed by atoms with Crippen LogP contribution < -0.4 is 5.32 Å². The van der Waals surface area contributed by atoms with Gasteiger partial charge in [-0.1, -0.05) is 6.92 Å². The van der Waals surface area contributed by atoms with Gasteiger partial charge in [0.2, 0.25) is 11.1 Å². The maximum Gasteiger partial charge on any atom is 0.460 e. The first-order chi connectivity index (χ1) is 12.8. The van der Waals surface area contributed by atoms with Crippen LogP contribution in [0.15, 0.2) is 0 Å². The van der Waals surface area contributed by atoms with E-state index in [9.17, 15) is 74.5 Å². The van der Waals surface area contributed by atoms with E-state index in [4.69, 9.17) is 4.55 Å². The molecule has 0 amide bonds. The first-order valence-corrected chi connectivity index (χ1v) is 7.74. The van der Waals surface area contributed by atoms with Gasteiger partial charge in [-0.2, -0.15) is 65.9 Å². The summed E-state index contributed by atoms with van der Waals surface area (Å²) in [6.45, 7) is -0.890. The Morgan fingerprint density at radius 1 is 0.600 bits per heavy atom. The molecule has 0 saturated carbocycles. The molecule has 0 aromatic rings. The van der Waals surface area contributed by atoms with E-state index in [1.807, 2.05) is 0 Å². The Balaban J connectivity index is 6.87. The van der Waals surface area contributed by atoms with E-state index in [1.165, 1.54) is 0 Å². The highest BCUT2D eigenvalue weighted by Crippen LogP contribution is 2.63. The van der Waals surface area contributed by atoms with Gasteiger partial charge in [-0.25, -0.2) is 8.60 Å². The van der Waals surface area contributed by atoms with Crippen LogP contribution in [0.4, 0.5) is 70.2 Å². The standard InChI is InChI=1S/C10H7F16NO2S/c1-2-27-10(26,30(28)29)8(21,22)6(17,18)4(13,14)3(11,12)5(15,16)7(19,20)9(23,24)25/h27H,2H2,1H3,(H,28,29). The number of rotatable bonds is 9. The number of halogens is 16. The van der Waals surface area contributed by atoms with Gasteiger partial charge >= 0.3 is 46.8 Å². The Kier molecular flexibility index (Phi) is 7.26. The lowest BCUT2D eigenvalue weighted by Crippen LogP contribution is -2.76. The lowest BCUT2D eigenvalue weighted by Gasteiger charge is -2.43. The summed E-state index contributed by atoms with van der Waals surface area (Å²) < 4.78 is 227. The van der Waals surface area contributed by atoms with Gasteiger partial charge in [0.25, 0.3) is 0 Å². The first kappa shape index (κ1) is 28.9. The third-order valence-electron chi connectivity index (χ3n) is 3.38. The van der Waals surface area contributed by atoms with E-state index < -0.39 is 64.5 Å². The lowest BCUT2D eigenvalue weighted by molar-refractivity contribution is -0.456. The van der Waals surface area contributed by atoms with E-state index in [2.05, 4.69) is 0 Å². The third-order valence-corrected chi connectivity index (χ3v) is 4.26. The molecule has 2 N–H and O–H groups in total. The summed E-state index contributed by atoms with van der Waals surface area (Å²) in [6.07, 6.45) is -7.77. The van der Waals surface area contributed by atoms with Crippen molar-refractivity contribution >= 4 is 11.1 Å². The minimum Gasteiger partial charge on any atom is -0.302 e. The van der Waals surface area contributed by atoms with Crippen molar-refractivity contribution in [1.82, 2.24) is 5.32 Å². The third kappa shape index (κ3) is 3.51. The first-order valence-electron chi connectivity index (χ1n) is 6.64. The molecule has 0 aromatic heterocycles. The second kappa shape index (κ2) is 7.52. The van der Waals surface area contributed by atoms with Gasteiger partial charge < -0.3 is 4.55 Å². The van der Waals surface area contributed by atoms with E-state index in [-0.39, 0.29) is 0 Å². The quantitative estimate of drug-likeness (QED) is 0.267. The smallest absolute Gasteiger partial charge is 0.302 e. The number of alkyl halides is 16. The molecule has 0 spiro atoms. The predicted octanol–water partition coefficient (Wildman–Crippen LogP) is 4.82. The van der Waals surface area contributed by atoms with Gasteiger partial charge in [-0.05, 0) is 6.54 Å². The molecule has 0 aliphatic rings. The zero-order valence-electron chi connectivity index (χ0n) is 13.5. The van der Waals surface area contributed by atoms with E-state index in [0.29, 0.717) is 12.2 Å². The van der Waals surface area contributed by atoms with Gasteiger partial charge in [-0.3, -0.25) is 5.32 Å². The van der Waals surface area contributed by atoms with Crippen LogP contribution in [-0.4, -0.2) is 62.1 Å². The second-order valence-corrected chi connectivity index (χ2v) is 6.38. The average molecular weight is 509 g/mol. The molecule has 30 heavy (non-hydrogen) atoms. The number of nitrogens with one attached hydrogen (secondary N) is 1. The van der Waals surface area contributed by atoms with Crippen molar-refractivity contribution in [2.75, 3.05) is 6.54 Å². The van der Waals surface area contributed by atoms with Gasteiger partial charge in [0, 0.05) is 0 Å². The molecule has 0 heterocycles. The molecule has 0 rings (SSSR count). The molecule has 0 fully saturated rings. The summed E-state index contributed by atoms with van der Waals surface area (Å²) in [4.78, 5) is 0. The van der Waals surface area contributed by atoms with E-state index in [0.717, 1.165) is 0 Å². The zero-order chi connectivity index (χ0) is 25.0. The normalized spacial score (nSPS) is 18.9. The van der Waals surface area contributed by atoms with Crippen molar-refractivity contribution in [3.8, 4) is 0 Å². The largest absolute Gasteiger partial charge is 0.460 e. The summed E-state index contributed by atoms with van der Waals surface area (Å²) in [6, 6.07) is 0. The molecule has 3 nitrogen and oxygen atoms in total. The molecular weight excluding hydrogens is 502 g/mol. The maximum atomic E-state index is 13.8. The Morgan fingerprint density at radius 2 is 0.867 bits per heavy atom. The SMILES string of the molecule is CCNC(F)(S(=O)O)C(F)(F)C(F)(F)C(F)(F)C(F)(F)C(F)(F)C(F)(F)C(F)(F)F. The second-order valence-electron chi connectivity index (χ2n) is 5.32. The van der Waals surface area contributed by atoms with Gasteiger partial charge in [-0.15, -0.1) is 0 Å². The fourth-order valence-corrected chi connectivity index (χ4v) is 2.29. The molecule has 0 aliphatic heterocycles. The van der Waals surface area contributed by atoms with Gasteiger partial charge in [0.05, 0.1) is 0 Å². The highest BCUT2D eigenvalue weighted by Gasteiger charge is 2.95. The maximum absolute atomic E-state index is 13.8. The van der Waals surface area contributed by atoms with Crippen LogP contribution in [0.2, 0.25) is 0 Å². The van der Waals surface area contributed by atoms with Crippen LogP contribution in [0.1, 0.15) is 6.92 Å². The molecule has 182 valence electrons. The van der Waals surface area contributed by atoms with Crippen molar-refractivity contribution in [3.63, 3.8) is 0 Å². The van der Waals surface area contributed by atoms with E-state index >= 15 is 0 Å². The van der Waals surface area contributed by atoms with Crippen molar-refractivity contribution in [3.05, 3.63) is 0 Å².